The fourth-order valence-corrected chi connectivity index (χ4v) is 7.80. The van der Waals surface area contributed by atoms with E-state index in [-0.39, 0.29) is 34.7 Å². The van der Waals surface area contributed by atoms with Crippen molar-refractivity contribution in [3.05, 3.63) is 29.8 Å². The van der Waals surface area contributed by atoms with Gasteiger partial charge in [0.05, 0.1) is 24.0 Å². The molecule has 2 saturated heterocycles. The van der Waals surface area contributed by atoms with Gasteiger partial charge in [0.25, 0.3) is 0 Å². The molecule has 5 heteroatoms. The van der Waals surface area contributed by atoms with E-state index in [0.29, 0.717) is 6.42 Å². The maximum Gasteiger partial charge on any atom is 0.311 e. The Morgan fingerprint density at radius 1 is 1.27 bits per heavy atom. The first-order valence-electron chi connectivity index (χ1n) is 9.83. The zero-order chi connectivity index (χ0) is 17.7. The van der Waals surface area contributed by atoms with Gasteiger partial charge in [0.2, 0.25) is 5.91 Å². The number of nitrogens with one attached hydrogen (secondary N) is 1. The Morgan fingerprint density at radius 3 is 2.96 bits per heavy atom. The summed E-state index contributed by atoms with van der Waals surface area (Å²) in [4.78, 5) is 28.2. The molecule has 1 aromatic carbocycles. The topological polar surface area (TPSA) is 58.6 Å². The Kier molecular flexibility index (Phi) is 2.57. The number of esters is 1. The summed E-state index contributed by atoms with van der Waals surface area (Å²) < 4.78 is 5.27. The summed E-state index contributed by atoms with van der Waals surface area (Å²) in [5.74, 6) is -0.0243. The minimum absolute atomic E-state index is 0.0597. The first-order valence-corrected chi connectivity index (χ1v) is 9.83. The second-order valence-electron chi connectivity index (χ2n) is 9.03. The summed E-state index contributed by atoms with van der Waals surface area (Å²) >= 11 is 0. The van der Waals surface area contributed by atoms with Gasteiger partial charge in [0.15, 0.2) is 0 Å². The number of nitrogens with zero attached hydrogens (tertiary/aromatic N) is 1. The van der Waals surface area contributed by atoms with Crippen LogP contribution in [0.4, 0.5) is 5.69 Å². The molecule has 3 heterocycles. The minimum atomic E-state index is -0.391. The highest BCUT2D eigenvalue weighted by atomic mass is 16.5. The van der Waals surface area contributed by atoms with Crippen LogP contribution in [0.25, 0.3) is 0 Å². The van der Waals surface area contributed by atoms with Crippen LogP contribution in [0.1, 0.15) is 44.1 Å². The van der Waals surface area contributed by atoms with Crippen molar-refractivity contribution in [2.45, 2.75) is 55.5 Å². The van der Waals surface area contributed by atoms with Crippen molar-refractivity contribution in [3.63, 3.8) is 0 Å². The Balaban J connectivity index is 1.67. The lowest BCUT2D eigenvalue weighted by Crippen LogP contribution is -2.76. The highest BCUT2D eigenvalue weighted by Crippen LogP contribution is 2.74. The third kappa shape index (κ3) is 1.34. The first-order chi connectivity index (χ1) is 12.6. The van der Waals surface area contributed by atoms with Gasteiger partial charge in [-0.3, -0.25) is 9.59 Å². The van der Waals surface area contributed by atoms with Gasteiger partial charge in [-0.25, -0.2) is 0 Å². The molecule has 5 nitrogen and oxygen atoms in total. The van der Waals surface area contributed by atoms with Crippen molar-refractivity contribution in [2.24, 2.45) is 11.3 Å². The summed E-state index contributed by atoms with van der Waals surface area (Å²) in [6.45, 7) is 0.869. The molecule has 3 saturated carbocycles. The van der Waals surface area contributed by atoms with Gasteiger partial charge in [0, 0.05) is 24.7 Å². The fraction of sp³-hybridized carbons (Fsp3) is 0.619. The number of benzene rings is 1. The second-order valence-corrected chi connectivity index (χ2v) is 9.03. The number of fused-ring (bicyclic) bond motifs is 3. The van der Waals surface area contributed by atoms with Crippen LogP contribution in [-0.2, 0) is 19.7 Å². The van der Waals surface area contributed by atoms with Crippen LogP contribution in [0, 0.1) is 11.3 Å². The summed E-state index contributed by atoms with van der Waals surface area (Å²) in [6.07, 6.45) is 5.58. The van der Waals surface area contributed by atoms with Crippen LogP contribution in [0.5, 0.6) is 0 Å². The molecule has 3 aliphatic heterocycles. The predicted octanol–water partition coefficient (Wildman–Crippen LogP) is 2.46. The lowest BCUT2D eigenvalue weighted by atomic mass is 9.39. The molecule has 5 fully saturated rings. The highest BCUT2D eigenvalue weighted by molar-refractivity contribution is 5.89. The first kappa shape index (κ1) is 15.1. The average molecular weight is 352 g/mol. The number of para-hydroxylation sites is 1. The molecule has 6 aliphatic rings. The van der Waals surface area contributed by atoms with Gasteiger partial charge in [0.1, 0.15) is 0 Å². The maximum absolute atomic E-state index is 13.1. The summed E-state index contributed by atoms with van der Waals surface area (Å²) in [5, 5.41) is 3.79. The molecular formula is C21H24N2O3. The molecule has 3 aliphatic carbocycles. The third-order valence-electron chi connectivity index (χ3n) is 8.45. The molecule has 1 aromatic rings. The van der Waals surface area contributed by atoms with E-state index in [1.165, 1.54) is 12.7 Å². The van der Waals surface area contributed by atoms with E-state index in [1.807, 2.05) is 6.07 Å². The number of ether oxygens (including phenoxy) is 1. The standard InChI is InChI=1S/C21H24N2O3/c1-26-17(25)14-11-19-7-4-10-23-16(24)12-20(18(19)23)13-5-2-3-6-15(13)22-21(14,20)9-8-19/h2-3,5-6,14,18,22H,4,7-12H2,1H3/t14-,18-,19-,20+,21-/m1/s1. The van der Waals surface area contributed by atoms with Gasteiger partial charge in [-0.05, 0) is 49.1 Å². The molecule has 7 rings (SSSR count). The number of hydrogen-bond donors (Lipinski definition) is 1. The molecule has 136 valence electrons. The van der Waals surface area contributed by atoms with Crippen molar-refractivity contribution in [1.29, 1.82) is 0 Å². The van der Waals surface area contributed by atoms with Gasteiger partial charge >= 0.3 is 5.97 Å². The van der Waals surface area contributed by atoms with Gasteiger partial charge in [-0.15, -0.1) is 0 Å². The zero-order valence-corrected chi connectivity index (χ0v) is 15.1. The van der Waals surface area contributed by atoms with E-state index in [4.69, 9.17) is 4.74 Å². The number of rotatable bonds is 1. The summed E-state index contributed by atoms with van der Waals surface area (Å²) in [5.41, 5.74) is 1.73. The van der Waals surface area contributed by atoms with Crippen molar-refractivity contribution in [3.8, 4) is 0 Å². The van der Waals surface area contributed by atoms with Crippen LogP contribution in [-0.4, -0.2) is 42.0 Å². The van der Waals surface area contributed by atoms with Gasteiger partial charge < -0.3 is 15.0 Å². The lowest BCUT2D eigenvalue weighted by molar-refractivity contribution is -0.172. The normalized spacial score (nSPS) is 44.2. The molecular weight excluding hydrogens is 328 g/mol. The Bertz CT molecular complexity index is 853. The average Bonchev–Trinajstić information content (AvgIpc) is 3.14. The summed E-state index contributed by atoms with van der Waals surface area (Å²) in [7, 11) is 1.50. The molecule has 26 heavy (non-hydrogen) atoms. The van der Waals surface area contributed by atoms with Crippen LogP contribution >= 0.6 is 0 Å². The molecule has 3 spiro atoms. The van der Waals surface area contributed by atoms with E-state index in [9.17, 15) is 9.59 Å². The lowest BCUT2D eigenvalue weighted by Gasteiger charge is -2.68. The molecule has 2 bridgehead atoms. The SMILES string of the molecule is COC(=O)[C@H]1C[C@@]23CCCN4C(=O)C[C@]5(c6ccccc6N[C@]15CC2)[C@H]43. The van der Waals surface area contributed by atoms with E-state index < -0.39 is 5.54 Å². The highest BCUT2D eigenvalue weighted by Gasteiger charge is 2.80. The van der Waals surface area contributed by atoms with Crippen molar-refractivity contribution >= 4 is 17.6 Å². The molecule has 5 atom stereocenters. The predicted molar refractivity (Wildman–Crippen MR) is 95.6 cm³/mol. The minimum Gasteiger partial charge on any atom is -0.469 e. The summed E-state index contributed by atoms with van der Waals surface area (Å²) in [6, 6.07) is 8.64. The molecule has 0 radical (unpaired) electrons. The monoisotopic (exact) mass is 352 g/mol. The second kappa shape index (κ2) is 4.44. The van der Waals surface area contributed by atoms with Gasteiger partial charge in [-0.1, -0.05) is 18.2 Å². The van der Waals surface area contributed by atoms with E-state index in [0.717, 1.165) is 44.3 Å². The number of anilines is 1. The number of carbonyl (C=O) groups excluding carboxylic acids is 2. The zero-order valence-electron chi connectivity index (χ0n) is 15.1. The number of piperidine rings is 1. The Morgan fingerprint density at radius 2 is 2.12 bits per heavy atom. The number of amides is 1. The maximum atomic E-state index is 13.1. The van der Waals surface area contributed by atoms with Crippen molar-refractivity contribution in [2.75, 3.05) is 19.0 Å². The van der Waals surface area contributed by atoms with Crippen LogP contribution in [0.2, 0.25) is 0 Å². The number of hydrogen-bond acceptors (Lipinski definition) is 4. The van der Waals surface area contributed by atoms with Gasteiger partial charge in [-0.2, -0.15) is 0 Å². The molecule has 1 amide bonds. The van der Waals surface area contributed by atoms with Crippen LogP contribution in [0.15, 0.2) is 24.3 Å². The van der Waals surface area contributed by atoms with E-state index in [1.54, 1.807) is 0 Å². The molecule has 0 unspecified atom stereocenters. The molecule has 0 aromatic heterocycles. The number of carbonyl (C=O) groups is 2. The number of methoxy groups -OCH3 is 1. The van der Waals surface area contributed by atoms with Crippen molar-refractivity contribution in [1.82, 2.24) is 4.90 Å². The van der Waals surface area contributed by atoms with E-state index >= 15 is 0 Å². The smallest absolute Gasteiger partial charge is 0.311 e. The Hall–Kier alpha value is -2.04. The quantitative estimate of drug-likeness (QED) is 0.789. The third-order valence-corrected chi connectivity index (χ3v) is 8.45. The van der Waals surface area contributed by atoms with Crippen LogP contribution in [0.3, 0.4) is 0 Å². The Labute approximate surface area is 153 Å². The molecule has 1 N–H and O–H groups in total. The fourth-order valence-electron chi connectivity index (χ4n) is 7.80. The van der Waals surface area contributed by atoms with Crippen LogP contribution < -0.4 is 5.32 Å². The van der Waals surface area contributed by atoms with Crippen molar-refractivity contribution < 1.29 is 14.3 Å². The van der Waals surface area contributed by atoms with E-state index in [2.05, 4.69) is 28.4 Å². The largest absolute Gasteiger partial charge is 0.469 e.